The van der Waals surface area contributed by atoms with Gasteiger partial charge in [-0.2, -0.15) is 0 Å². The van der Waals surface area contributed by atoms with Gasteiger partial charge in [-0.3, -0.25) is 0 Å². The van der Waals surface area contributed by atoms with Gasteiger partial charge in [0, 0.05) is 53.2 Å². The zero-order chi connectivity index (χ0) is 25.3. The summed E-state index contributed by atoms with van der Waals surface area (Å²) in [4.78, 5) is 0. The molecule has 0 aromatic rings. The first-order valence-electron chi connectivity index (χ1n) is 13.6. The van der Waals surface area contributed by atoms with E-state index >= 15 is 0 Å². The van der Waals surface area contributed by atoms with Gasteiger partial charge in [0.25, 0.3) is 0 Å². The fraction of sp³-hybridized carbons (Fsp3) is 1.00. The molecule has 0 aliphatic carbocycles. The van der Waals surface area contributed by atoms with E-state index in [0.29, 0.717) is 19.8 Å². The van der Waals surface area contributed by atoms with Gasteiger partial charge in [0.15, 0.2) is 0 Å². The highest BCUT2D eigenvalue weighted by atomic mass is 28.4. The lowest BCUT2D eigenvalue weighted by Gasteiger charge is -2.28. The maximum absolute atomic E-state index is 5.83. The minimum Gasteiger partial charge on any atom is -0.377 e. The van der Waals surface area contributed by atoms with Crippen LogP contribution in [0.5, 0.6) is 0 Å². The molecule has 0 aliphatic heterocycles. The van der Waals surface area contributed by atoms with Crippen LogP contribution in [0.4, 0.5) is 0 Å². The average Bonchev–Trinajstić information content (AvgIpc) is 2.82. The van der Waals surface area contributed by atoms with Crippen molar-refractivity contribution in [3.05, 3.63) is 0 Å². The Labute approximate surface area is 209 Å². The Hall–Kier alpha value is 0.194. The molecule has 0 amide bonds. The maximum atomic E-state index is 5.83. The van der Waals surface area contributed by atoms with Crippen LogP contribution in [0.3, 0.4) is 0 Å². The Balaban J connectivity index is 0. The predicted octanol–water partition coefficient (Wildman–Crippen LogP) is 7.62. The fourth-order valence-corrected chi connectivity index (χ4v) is 8.28. The molecule has 0 bridgehead atoms. The van der Waals surface area contributed by atoms with Gasteiger partial charge in [-0.1, -0.05) is 78.1 Å². The van der Waals surface area contributed by atoms with Crippen LogP contribution in [-0.4, -0.2) is 58.8 Å². The van der Waals surface area contributed by atoms with E-state index < -0.39 is 17.6 Å². The molecule has 0 aromatic heterocycles. The van der Waals surface area contributed by atoms with Crippen molar-refractivity contribution in [1.29, 1.82) is 0 Å². The van der Waals surface area contributed by atoms with E-state index in [9.17, 15) is 0 Å². The standard InChI is InChI=1S/C14H32O3Si.C11H26O3Si/c1-5-9-10-11-12-13-14-18(15-6-2,16-7-3)17-8-4;1-5-6-7-8-9-10-11-15(12-2,13-3)14-4/h5-14H2,1-4H3;5-11H2,1-4H3. The van der Waals surface area contributed by atoms with E-state index in [2.05, 4.69) is 13.8 Å². The van der Waals surface area contributed by atoms with Crippen molar-refractivity contribution in [3.8, 4) is 0 Å². The highest BCUT2D eigenvalue weighted by Crippen LogP contribution is 2.21. The van der Waals surface area contributed by atoms with E-state index in [1.807, 2.05) is 20.8 Å². The van der Waals surface area contributed by atoms with Crippen LogP contribution < -0.4 is 0 Å². The summed E-state index contributed by atoms with van der Waals surface area (Å²) in [6, 6.07) is 1.90. The molecule has 0 unspecified atom stereocenters. The Morgan fingerprint density at radius 2 is 0.697 bits per heavy atom. The van der Waals surface area contributed by atoms with E-state index in [4.69, 9.17) is 26.6 Å². The Morgan fingerprint density at radius 3 is 1.00 bits per heavy atom. The molecule has 0 spiro atoms. The highest BCUT2D eigenvalue weighted by molar-refractivity contribution is 6.61. The zero-order valence-corrected chi connectivity index (χ0v) is 25.5. The molecule has 0 saturated heterocycles. The van der Waals surface area contributed by atoms with Crippen LogP contribution in [0.25, 0.3) is 0 Å². The van der Waals surface area contributed by atoms with Gasteiger partial charge in [0.2, 0.25) is 0 Å². The van der Waals surface area contributed by atoms with Crippen molar-refractivity contribution in [1.82, 2.24) is 0 Å². The van der Waals surface area contributed by atoms with Gasteiger partial charge in [-0.05, 0) is 33.6 Å². The molecule has 8 heteroatoms. The average molecular weight is 511 g/mol. The summed E-state index contributed by atoms with van der Waals surface area (Å²) < 4.78 is 33.6. The SMILES string of the molecule is CCCCCCCC[Si](OC)(OC)OC.CCCCCCCC[Si](OCC)(OCC)OCC. The summed E-state index contributed by atoms with van der Waals surface area (Å²) >= 11 is 0. The molecular weight excluding hydrogens is 452 g/mol. The smallest absolute Gasteiger partial charge is 0.377 e. The third kappa shape index (κ3) is 19.1. The lowest BCUT2D eigenvalue weighted by Crippen LogP contribution is -2.45. The zero-order valence-electron chi connectivity index (χ0n) is 23.5. The van der Waals surface area contributed by atoms with Crippen molar-refractivity contribution >= 4 is 17.6 Å². The van der Waals surface area contributed by atoms with Gasteiger partial charge in [-0.25, -0.2) is 0 Å². The third-order valence-corrected chi connectivity index (χ3v) is 11.7. The molecule has 0 atom stereocenters. The molecule has 202 valence electrons. The summed E-state index contributed by atoms with van der Waals surface area (Å²) in [5, 5.41) is 0. The van der Waals surface area contributed by atoms with Gasteiger partial charge in [0.1, 0.15) is 0 Å². The Bertz CT molecular complexity index is 359. The van der Waals surface area contributed by atoms with E-state index in [1.54, 1.807) is 21.3 Å². The Morgan fingerprint density at radius 1 is 0.394 bits per heavy atom. The lowest BCUT2D eigenvalue weighted by atomic mass is 10.1. The number of unbranched alkanes of at least 4 members (excludes halogenated alkanes) is 10. The molecule has 0 aromatic carbocycles. The van der Waals surface area contributed by atoms with Gasteiger partial charge >= 0.3 is 17.6 Å². The van der Waals surface area contributed by atoms with E-state index in [1.165, 1.54) is 64.2 Å². The van der Waals surface area contributed by atoms with Crippen LogP contribution in [0.1, 0.15) is 112 Å². The molecule has 6 nitrogen and oxygen atoms in total. The Kier molecular flexibility index (Phi) is 27.1. The van der Waals surface area contributed by atoms with Gasteiger partial charge in [0.05, 0.1) is 0 Å². The van der Waals surface area contributed by atoms with Gasteiger partial charge < -0.3 is 26.6 Å². The largest absolute Gasteiger partial charge is 0.500 e. The van der Waals surface area contributed by atoms with Crippen LogP contribution in [0, 0.1) is 0 Å². The molecule has 33 heavy (non-hydrogen) atoms. The monoisotopic (exact) mass is 510 g/mol. The van der Waals surface area contributed by atoms with Crippen LogP contribution in [0.15, 0.2) is 0 Å². The van der Waals surface area contributed by atoms with E-state index in [0.717, 1.165) is 24.9 Å². The minimum absolute atomic E-state index is 0.683. The third-order valence-electron chi connectivity index (χ3n) is 5.70. The summed E-state index contributed by atoms with van der Waals surface area (Å²) in [7, 11) is 0.381. The summed E-state index contributed by atoms with van der Waals surface area (Å²) in [5.41, 5.74) is 0. The lowest BCUT2D eigenvalue weighted by molar-refractivity contribution is 0.0706. The van der Waals surface area contributed by atoms with Crippen molar-refractivity contribution in [3.63, 3.8) is 0 Å². The summed E-state index contributed by atoms with van der Waals surface area (Å²) in [5.74, 6) is 0. The van der Waals surface area contributed by atoms with Crippen LogP contribution in [-0.2, 0) is 26.6 Å². The number of hydrogen-bond donors (Lipinski definition) is 0. The van der Waals surface area contributed by atoms with E-state index in [-0.39, 0.29) is 0 Å². The highest BCUT2D eigenvalue weighted by Gasteiger charge is 2.39. The molecule has 0 radical (unpaired) electrons. The molecule has 0 heterocycles. The topological polar surface area (TPSA) is 55.4 Å². The second-order valence-electron chi connectivity index (χ2n) is 8.31. The van der Waals surface area contributed by atoms with Crippen molar-refractivity contribution < 1.29 is 26.6 Å². The summed E-state index contributed by atoms with van der Waals surface area (Å²) in [6.07, 6.45) is 15.5. The van der Waals surface area contributed by atoms with Crippen molar-refractivity contribution in [2.75, 3.05) is 41.2 Å². The van der Waals surface area contributed by atoms with Gasteiger partial charge in [-0.15, -0.1) is 0 Å². The van der Waals surface area contributed by atoms with Crippen LogP contribution in [0.2, 0.25) is 12.1 Å². The molecule has 0 saturated carbocycles. The second kappa shape index (κ2) is 25.3. The molecule has 0 rings (SSSR count). The second-order valence-corrected chi connectivity index (χ2v) is 14.1. The van der Waals surface area contributed by atoms with Crippen molar-refractivity contribution in [2.24, 2.45) is 0 Å². The number of rotatable bonds is 23. The molecule has 0 fully saturated rings. The van der Waals surface area contributed by atoms with Crippen LogP contribution >= 0.6 is 0 Å². The quantitative estimate of drug-likeness (QED) is 0.104. The number of hydrogen-bond acceptors (Lipinski definition) is 6. The molecular formula is C25H58O6Si2. The maximum Gasteiger partial charge on any atom is 0.500 e. The first kappa shape index (κ1) is 35.4. The molecule has 0 aliphatic rings. The first-order valence-corrected chi connectivity index (χ1v) is 17.4. The summed E-state index contributed by atoms with van der Waals surface area (Å²) in [6.45, 7) is 12.6. The normalized spacial score (nSPS) is 12.0. The fourth-order valence-electron chi connectivity index (χ4n) is 3.80. The molecule has 0 N–H and O–H groups in total. The predicted molar refractivity (Wildman–Crippen MR) is 144 cm³/mol. The van der Waals surface area contributed by atoms with Crippen molar-refractivity contribution in [2.45, 2.75) is 124 Å². The first-order chi connectivity index (χ1) is 16.0. The minimum atomic E-state index is -2.36.